The molecule has 2 aliphatic rings. The van der Waals surface area contributed by atoms with Crippen molar-refractivity contribution in [1.29, 1.82) is 0 Å². The Balaban J connectivity index is 1.20. The summed E-state index contributed by atoms with van der Waals surface area (Å²) < 4.78 is 5.80. The molecule has 0 bridgehead atoms. The highest BCUT2D eigenvalue weighted by molar-refractivity contribution is 5.96. The lowest BCUT2D eigenvalue weighted by atomic mass is 9.89. The van der Waals surface area contributed by atoms with Gasteiger partial charge in [0.2, 0.25) is 11.8 Å². The van der Waals surface area contributed by atoms with Crippen LogP contribution in [0.1, 0.15) is 43.4 Å². The van der Waals surface area contributed by atoms with Gasteiger partial charge < -0.3 is 15.4 Å². The maximum absolute atomic E-state index is 12.3. The first-order valence-corrected chi connectivity index (χ1v) is 11.6. The minimum Gasteiger partial charge on any atom is -0.373 e. The van der Waals surface area contributed by atoms with E-state index < -0.39 is 0 Å². The fourth-order valence-electron chi connectivity index (χ4n) is 4.67. The van der Waals surface area contributed by atoms with Crippen LogP contribution in [-0.2, 0) is 33.8 Å². The molecule has 1 fully saturated rings. The minimum absolute atomic E-state index is 0.0103. The molecule has 6 heteroatoms. The van der Waals surface area contributed by atoms with Gasteiger partial charge in [0.25, 0.3) is 0 Å². The first-order chi connectivity index (χ1) is 15.5. The summed E-state index contributed by atoms with van der Waals surface area (Å²) >= 11 is 0. The van der Waals surface area contributed by atoms with Crippen LogP contribution in [0.25, 0.3) is 0 Å². The second kappa shape index (κ2) is 10.3. The van der Waals surface area contributed by atoms with Gasteiger partial charge in [-0.3, -0.25) is 14.5 Å². The highest BCUT2D eigenvalue weighted by Gasteiger charge is 2.26. The predicted octanol–water partition coefficient (Wildman–Crippen LogP) is 3.50. The Morgan fingerprint density at radius 3 is 2.50 bits per heavy atom. The van der Waals surface area contributed by atoms with Crippen molar-refractivity contribution in [3.05, 3.63) is 65.2 Å². The van der Waals surface area contributed by atoms with Crippen molar-refractivity contribution >= 4 is 17.5 Å². The van der Waals surface area contributed by atoms with Gasteiger partial charge in [-0.05, 0) is 49.4 Å². The van der Waals surface area contributed by atoms with Crippen LogP contribution < -0.4 is 10.6 Å². The van der Waals surface area contributed by atoms with Gasteiger partial charge in [-0.2, -0.15) is 0 Å². The number of amides is 2. The van der Waals surface area contributed by atoms with Crippen LogP contribution in [0.15, 0.2) is 48.5 Å². The average molecular weight is 436 g/mol. The molecule has 2 amide bonds. The summed E-state index contributed by atoms with van der Waals surface area (Å²) in [6.07, 6.45) is 2.13. The zero-order valence-corrected chi connectivity index (χ0v) is 19.0. The van der Waals surface area contributed by atoms with Gasteiger partial charge in [0.05, 0.1) is 12.2 Å². The number of hydrogen-bond acceptors (Lipinski definition) is 4. The quantitative estimate of drug-likeness (QED) is 0.698. The molecule has 0 unspecified atom stereocenters. The Morgan fingerprint density at radius 1 is 1.06 bits per heavy atom. The topological polar surface area (TPSA) is 70.7 Å². The minimum atomic E-state index is -0.152. The summed E-state index contributed by atoms with van der Waals surface area (Å²) in [5.41, 5.74) is 4.37. The average Bonchev–Trinajstić information content (AvgIpc) is 2.76. The largest absolute Gasteiger partial charge is 0.373 e. The molecule has 0 saturated carbocycles. The summed E-state index contributed by atoms with van der Waals surface area (Å²) in [7, 11) is 0. The molecule has 1 saturated heterocycles. The van der Waals surface area contributed by atoms with E-state index in [-0.39, 0.29) is 29.9 Å². The lowest BCUT2D eigenvalue weighted by Crippen LogP contribution is -2.44. The van der Waals surface area contributed by atoms with Gasteiger partial charge >= 0.3 is 0 Å². The van der Waals surface area contributed by atoms with Crippen molar-refractivity contribution in [2.75, 3.05) is 18.4 Å². The van der Waals surface area contributed by atoms with Gasteiger partial charge in [-0.15, -0.1) is 0 Å². The Morgan fingerprint density at radius 2 is 1.75 bits per heavy atom. The lowest BCUT2D eigenvalue weighted by Gasteiger charge is -2.35. The molecule has 0 aromatic heterocycles. The summed E-state index contributed by atoms with van der Waals surface area (Å²) in [4.78, 5) is 27.1. The molecule has 2 heterocycles. The van der Waals surface area contributed by atoms with Crippen molar-refractivity contribution in [3.8, 4) is 0 Å². The highest BCUT2D eigenvalue weighted by Crippen LogP contribution is 2.27. The molecule has 4 rings (SSSR count). The van der Waals surface area contributed by atoms with E-state index >= 15 is 0 Å². The molecular weight excluding hydrogens is 402 g/mol. The van der Waals surface area contributed by atoms with Crippen LogP contribution in [0.5, 0.6) is 0 Å². The van der Waals surface area contributed by atoms with E-state index in [1.54, 1.807) is 0 Å². The highest BCUT2D eigenvalue weighted by atomic mass is 16.5. The number of rotatable bonds is 7. The van der Waals surface area contributed by atoms with Crippen molar-refractivity contribution < 1.29 is 14.3 Å². The van der Waals surface area contributed by atoms with Crippen molar-refractivity contribution in [3.63, 3.8) is 0 Å². The van der Waals surface area contributed by atoms with E-state index in [9.17, 15) is 9.59 Å². The Labute approximate surface area is 190 Å². The molecule has 0 spiro atoms. The number of fused-ring (bicyclic) bond motifs is 1. The van der Waals surface area contributed by atoms with Gasteiger partial charge in [-0.1, -0.05) is 42.5 Å². The molecule has 3 atom stereocenters. The SMILES string of the molecule is C[C@@H]1CN(Cc2ccc(CNC(=O)CC[C@H]3Cc4ccccc4NC3=O)cc2)C[C@H](C)O1. The number of para-hydroxylation sites is 1. The summed E-state index contributed by atoms with van der Waals surface area (Å²) in [6.45, 7) is 7.56. The Kier molecular flexibility index (Phi) is 7.22. The van der Waals surface area contributed by atoms with E-state index in [1.165, 1.54) is 5.56 Å². The van der Waals surface area contributed by atoms with Gasteiger partial charge in [-0.25, -0.2) is 0 Å². The van der Waals surface area contributed by atoms with Crippen LogP contribution in [0, 0.1) is 5.92 Å². The third-order valence-electron chi connectivity index (χ3n) is 6.25. The molecule has 2 aromatic rings. The summed E-state index contributed by atoms with van der Waals surface area (Å²) in [5, 5.41) is 5.94. The number of nitrogens with one attached hydrogen (secondary N) is 2. The summed E-state index contributed by atoms with van der Waals surface area (Å²) in [6, 6.07) is 16.3. The van der Waals surface area contributed by atoms with E-state index in [0.29, 0.717) is 25.8 Å². The third-order valence-corrected chi connectivity index (χ3v) is 6.25. The molecule has 2 N–H and O–H groups in total. The number of hydrogen-bond donors (Lipinski definition) is 2. The van der Waals surface area contributed by atoms with E-state index in [0.717, 1.165) is 36.4 Å². The van der Waals surface area contributed by atoms with E-state index in [1.807, 2.05) is 24.3 Å². The Hall–Kier alpha value is -2.70. The first-order valence-electron chi connectivity index (χ1n) is 11.6. The third kappa shape index (κ3) is 5.96. The number of carbonyl (C=O) groups excluding carboxylic acids is 2. The van der Waals surface area contributed by atoms with Crippen LogP contribution in [0.3, 0.4) is 0 Å². The molecule has 2 aliphatic heterocycles. The van der Waals surface area contributed by atoms with Crippen LogP contribution in [0.2, 0.25) is 0 Å². The standard InChI is InChI=1S/C26H33N3O3/c1-18-15-29(16-19(2)32-18)17-21-9-7-20(8-10-21)14-27-25(30)12-11-23-13-22-5-3-4-6-24(22)28-26(23)31/h3-10,18-19,23H,11-17H2,1-2H3,(H,27,30)(H,28,31)/t18-,19+,23-/m0/s1. The van der Waals surface area contributed by atoms with E-state index in [2.05, 4.69) is 53.6 Å². The molecular formula is C26H33N3O3. The summed E-state index contributed by atoms with van der Waals surface area (Å²) in [5.74, 6) is -0.159. The van der Waals surface area contributed by atoms with Crippen molar-refractivity contribution in [2.24, 2.45) is 5.92 Å². The molecule has 170 valence electrons. The zero-order valence-electron chi connectivity index (χ0n) is 19.0. The number of nitrogens with zero attached hydrogens (tertiary/aromatic N) is 1. The maximum Gasteiger partial charge on any atom is 0.227 e. The maximum atomic E-state index is 12.3. The van der Waals surface area contributed by atoms with E-state index in [4.69, 9.17) is 4.74 Å². The number of ether oxygens (including phenoxy) is 1. The number of benzene rings is 2. The van der Waals surface area contributed by atoms with Gasteiger partial charge in [0.1, 0.15) is 0 Å². The normalized spacial score (nSPS) is 23.3. The smallest absolute Gasteiger partial charge is 0.227 e. The predicted molar refractivity (Wildman–Crippen MR) is 125 cm³/mol. The molecule has 2 aromatic carbocycles. The van der Waals surface area contributed by atoms with Crippen LogP contribution in [-0.4, -0.2) is 42.0 Å². The lowest BCUT2D eigenvalue weighted by molar-refractivity contribution is -0.123. The second-order valence-corrected chi connectivity index (χ2v) is 9.13. The molecule has 6 nitrogen and oxygen atoms in total. The zero-order chi connectivity index (χ0) is 22.5. The monoisotopic (exact) mass is 435 g/mol. The first kappa shape index (κ1) is 22.5. The van der Waals surface area contributed by atoms with Crippen LogP contribution >= 0.6 is 0 Å². The van der Waals surface area contributed by atoms with Crippen LogP contribution in [0.4, 0.5) is 5.69 Å². The molecule has 0 aliphatic carbocycles. The second-order valence-electron chi connectivity index (χ2n) is 9.13. The van der Waals surface area contributed by atoms with Crippen molar-refractivity contribution in [1.82, 2.24) is 10.2 Å². The molecule has 0 radical (unpaired) electrons. The van der Waals surface area contributed by atoms with Gasteiger partial charge in [0, 0.05) is 44.2 Å². The number of carbonyl (C=O) groups is 2. The fraction of sp³-hybridized carbons (Fsp3) is 0.462. The molecule has 32 heavy (non-hydrogen) atoms. The van der Waals surface area contributed by atoms with Crippen molar-refractivity contribution in [2.45, 2.75) is 58.4 Å². The fourth-order valence-corrected chi connectivity index (χ4v) is 4.67. The Bertz CT molecular complexity index is 934. The van der Waals surface area contributed by atoms with Gasteiger partial charge in [0.15, 0.2) is 0 Å². The number of morpholine rings is 1. The number of anilines is 1.